The van der Waals surface area contributed by atoms with Gasteiger partial charge in [0.15, 0.2) is 22.6 Å². The van der Waals surface area contributed by atoms with Crippen molar-refractivity contribution in [3.8, 4) is 0 Å². The summed E-state index contributed by atoms with van der Waals surface area (Å²) in [5, 5.41) is 0. The molecule has 7 N–H and O–H groups in total. The highest BCUT2D eigenvalue weighted by Crippen LogP contribution is 2.55. The normalized spacial score (nSPS) is 35.4. The summed E-state index contributed by atoms with van der Waals surface area (Å²) in [5.74, 6) is -0.605. The summed E-state index contributed by atoms with van der Waals surface area (Å²) in [6, 6.07) is -0.437. The number of phosphoric acid groups is 2. The van der Waals surface area contributed by atoms with Crippen molar-refractivity contribution in [2.75, 3.05) is 24.7 Å². The van der Waals surface area contributed by atoms with Crippen molar-refractivity contribution in [2.24, 2.45) is 5.92 Å². The maximum absolute atomic E-state index is 13.1. The Morgan fingerprint density at radius 2 is 1.58 bits per heavy atom. The van der Waals surface area contributed by atoms with Gasteiger partial charge in [0, 0.05) is 18.4 Å². The molecule has 43 heavy (non-hydrogen) atoms. The molecule has 22 heteroatoms. The molecule has 0 amide bonds. The summed E-state index contributed by atoms with van der Waals surface area (Å²) in [6.07, 6.45) is 0.572. The van der Waals surface area contributed by atoms with Gasteiger partial charge in [0.1, 0.15) is 30.3 Å². The Hall–Kier alpha value is -3.32. The van der Waals surface area contributed by atoms with Crippen molar-refractivity contribution in [2.45, 2.75) is 49.8 Å². The molecule has 0 spiro atoms. The van der Waals surface area contributed by atoms with E-state index in [1.165, 1.54) is 19.0 Å². The molecule has 8 atom stereocenters. The van der Waals surface area contributed by atoms with Gasteiger partial charge >= 0.3 is 15.6 Å². The minimum Gasteiger partial charge on any atom is -0.382 e. The Labute approximate surface area is 240 Å². The number of nitrogens with zero attached hydrogens (tertiary/aromatic N) is 7. The molecular formula is C21H26N10O10P2. The lowest BCUT2D eigenvalue weighted by Crippen LogP contribution is -2.30. The molecule has 0 radical (unpaired) electrons. The minimum absolute atomic E-state index is 0.0188. The number of anilines is 2. The first kappa shape index (κ1) is 28.5. The predicted octanol–water partition coefficient (Wildman–Crippen LogP) is 0.380. The third kappa shape index (κ3) is 5.34. The number of nitrogen functional groups attached to an aromatic ring is 2. The van der Waals surface area contributed by atoms with Gasteiger partial charge in [-0.2, -0.15) is 4.98 Å². The number of phosphoric ester groups is 2. The van der Waals surface area contributed by atoms with Crippen LogP contribution in [0.3, 0.4) is 0 Å². The quantitative estimate of drug-likeness (QED) is 0.185. The van der Waals surface area contributed by atoms with E-state index in [1.54, 1.807) is 9.13 Å². The number of imidazole rings is 2. The summed E-state index contributed by atoms with van der Waals surface area (Å²) in [7, 11) is -9.34. The molecule has 0 aromatic carbocycles. The molecule has 2 saturated heterocycles. The first-order valence-electron chi connectivity index (χ1n) is 13.1. The summed E-state index contributed by atoms with van der Waals surface area (Å²) in [6.45, 7) is -0.876. The summed E-state index contributed by atoms with van der Waals surface area (Å²) in [4.78, 5) is 56.4. The molecule has 3 fully saturated rings. The smallest absolute Gasteiger partial charge is 0.382 e. The number of rotatable bonds is 2. The van der Waals surface area contributed by atoms with Crippen LogP contribution in [0.2, 0.25) is 0 Å². The molecule has 230 valence electrons. The third-order valence-corrected chi connectivity index (χ3v) is 9.74. The van der Waals surface area contributed by atoms with Crippen LogP contribution in [-0.4, -0.2) is 80.4 Å². The summed E-state index contributed by atoms with van der Waals surface area (Å²) >= 11 is 0. The largest absolute Gasteiger partial charge is 0.472 e. The summed E-state index contributed by atoms with van der Waals surface area (Å²) < 4.78 is 57.0. The average Bonchev–Trinajstić information content (AvgIpc) is 3.71. The lowest BCUT2D eigenvalue weighted by atomic mass is 10.1. The van der Waals surface area contributed by atoms with Gasteiger partial charge in [-0.25, -0.2) is 29.1 Å². The zero-order chi connectivity index (χ0) is 30.1. The zero-order valence-electron chi connectivity index (χ0n) is 22.1. The van der Waals surface area contributed by atoms with Gasteiger partial charge in [-0.3, -0.25) is 32.4 Å². The highest BCUT2D eigenvalue weighted by atomic mass is 31.2. The van der Waals surface area contributed by atoms with Gasteiger partial charge in [-0.15, -0.1) is 0 Å². The monoisotopic (exact) mass is 640 g/mol. The number of ether oxygens (including phenoxy) is 1. The lowest BCUT2D eigenvalue weighted by Gasteiger charge is -2.27. The molecule has 7 rings (SSSR count). The maximum atomic E-state index is 13.1. The molecule has 1 aliphatic carbocycles. The van der Waals surface area contributed by atoms with Crippen molar-refractivity contribution in [1.82, 2.24) is 39.0 Å². The number of nitrogens with two attached hydrogens (primary N) is 2. The van der Waals surface area contributed by atoms with Gasteiger partial charge in [-0.1, -0.05) is 0 Å². The molecule has 4 aromatic rings. The maximum Gasteiger partial charge on any atom is 0.472 e. The highest BCUT2D eigenvalue weighted by Gasteiger charge is 2.47. The molecule has 0 bridgehead atoms. The van der Waals surface area contributed by atoms with Crippen LogP contribution >= 0.6 is 15.6 Å². The van der Waals surface area contributed by atoms with Crippen LogP contribution in [-0.2, 0) is 32.0 Å². The molecule has 1 saturated carbocycles. The van der Waals surface area contributed by atoms with Crippen molar-refractivity contribution >= 4 is 49.7 Å². The van der Waals surface area contributed by atoms with Crippen molar-refractivity contribution in [3.05, 3.63) is 29.3 Å². The number of hydrogen-bond donors (Lipinski definition) is 5. The molecule has 2 aliphatic heterocycles. The molecule has 6 heterocycles. The van der Waals surface area contributed by atoms with E-state index in [0.29, 0.717) is 11.2 Å². The first-order chi connectivity index (χ1) is 20.5. The number of H-pyrrole nitrogens is 1. The van der Waals surface area contributed by atoms with Crippen LogP contribution < -0.4 is 17.0 Å². The van der Waals surface area contributed by atoms with Gasteiger partial charge in [0.05, 0.1) is 32.0 Å². The zero-order valence-corrected chi connectivity index (χ0v) is 23.9. The molecule has 20 nitrogen and oxygen atoms in total. The van der Waals surface area contributed by atoms with E-state index >= 15 is 0 Å². The predicted molar refractivity (Wildman–Crippen MR) is 144 cm³/mol. The van der Waals surface area contributed by atoms with E-state index in [2.05, 4.69) is 29.9 Å². The third-order valence-electron chi connectivity index (χ3n) is 7.72. The van der Waals surface area contributed by atoms with E-state index in [0.717, 1.165) is 0 Å². The molecule has 4 aromatic heterocycles. The molecule has 3 unspecified atom stereocenters. The fourth-order valence-corrected chi connectivity index (χ4v) is 7.77. The van der Waals surface area contributed by atoms with Crippen LogP contribution in [0.15, 0.2) is 23.8 Å². The Balaban J connectivity index is 1.13. The SMILES string of the molecule is Nc1nc2c(ncn2[C@@H]2C[C@@H]3COP(=O)(O)OC4C[C@H](n5cnc6c(N)ncnc65)O[C@@H]4COP(=O)(O)O[C@@H]3C2)c(=O)[nH]1. The van der Waals surface area contributed by atoms with Gasteiger partial charge in [0.25, 0.3) is 5.56 Å². The second kappa shape index (κ2) is 10.4. The highest BCUT2D eigenvalue weighted by molar-refractivity contribution is 7.47. The van der Waals surface area contributed by atoms with Crippen molar-refractivity contribution in [3.63, 3.8) is 0 Å². The molecule has 3 aliphatic rings. The van der Waals surface area contributed by atoms with E-state index in [4.69, 9.17) is 34.3 Å². The fraction of sp³-hybridized carbons (Fsp3) is 0.524. The lowest BCUT2D eigenvalue weighted by molar-refractivity contribution is -0.0510. The Bertz CT molecular complexity index is 1860. The van der Waals surface area contributed by atoms with Crippen molar-refractivity contribution < 1.29 is 41.7 Å². The average molecular weight is 640 g/mol. The number of fused-ring (bicyclic) bond motifs is 4. The standard InChI is InChI=1S/C21H26N10O10P2/c22-17-15-18(25-6-24-17)31(8-26-15)14-3-12-13(39-14)5-38-43(35,36)40-11-2-10(1-9(11)4-37-42(33,34)41-12)30-7-27-16-19(30)28-21(23)29-20(16)32/h6-14H,1-5H2,(H,33,34)(H,35,36)(H2,22,24,25)(H3,23,28,29,32)/t9-,10-,11-,12?,13-,14-/m1/s1. The summed E-state index contributed by atoms with van der Waals surface area (Å²) in [5.41, 5.74) is 12.0. The Morgan fingerprint density at radius 3 is 2.40 bits per heavy atom. The minimum atomic E-state index is -4.68. The second-order valence-electron chi connectivity index (χ2n) is 10.4. The first-order valence-corrected chi connectivity index (χ1v) is 16.1. The van der Waals surface area contributed by atoms with Crippen LogP contribution in [0.1, 0.15) is 31.5 Å². The number of nitrogens with one attached hydrogen (secondary N) is 1. The van der Waals surface area contributed by atoms with Gasteiger partial charge in [0.2, 0.25) is 5.95 Å². The molecular weight excluding hydrogens is 614 g/mol. The van der Waals surface area contributed by atoms with E-state index in [1.807, 2.05) is 0 Å². The van der Waals surface area contributed by atoms with Crippen LogP contribution in [0.4, 0.5) is 11.8 Å². The Kier molecular flexibility index (Phi) is 6.88. The van der Waals surface area contributed by atoms with Crippen LogP contribution in [0.5, 0.6) is 0 Å². The van der Waals surface area contributed by atoms with Gasteiger partial charge < -0.3 is 30.6 Å². The fourth-order valence-electron chi connectivity index (χ4n) is 5.77. The second-order valence-corrected chi connectivity index (χ2v) is 13.2. The van der Waals surface area contributed by atoms with E-state index in [-0.39, 0.29) is 48.8 Å². The Morgan fingerprint density at radius 1 is 0.860 bits per heavy atom. The van der Waals surface area contributed by atoms with E-state index < -0.39 is 64.3 Å². The van der Waals surface area contributed by atoms with Gasteiger partial charge in [-0.05, 0) is 12.8 Å². The number of aromatic amines is 1. The van der Waals surface area contributed by atoms with Crippen molar-refractivity contribution in [1.29, 1.82) is 0 Å². The number of hydrogen-bond acceptors (Lipinski definition) is 15. The van der Waals surface area contributed by atoms with Crippen LogP contribution in [0.25, 0.3) is 22.3 Å². The topological polar surface area (TPSA) is 280 Å². The van der Waals surface area contributed by atoms with Crippen LogP contribution in [0, 0.1) is 5.92 Å². The van der Waals surface area contributed by atoms with E-state index in [9.17, 15) is 23.7 Å². The number of aromatic nitrogens is 8.